The van der Waals surface area contributed by atoms with Gasteiger partial charge in [-0.05, 0) is 43.5 Å². The van der Waals surface area contributed by atoms with Gasteiger partial charge in [0.2, 0.25) is 0 Å². The molecule has 0 aliphatic carbocycles. The summed E-state index contributed by atoms with van der Waals surface area (Å²) in [6.45, 7) is 4.28. The second-order valence-electron chi connectivity index (χ2n) is 6.89. The molecule has 0 aromatic heterocycles. The molecule has 0 radical (unpaired) electrons. The molecule has 5 heteroatoms. The molecule has 1 rings (SSSR count). The molecule has 4 nitrogen and oxygen atoms in total. The minimum atomic E-state index is -1.19. The number of Topliss-reactive ketones (excluding diaryl/α,β-unsaturated/α-hetero) is 1. The number of hydrogen-bond acceptors (Lipinski definition) is 4. The summed E-state index contributed by atoms with van der Waals surface area (Å²) in [5.41, 5.74) is 0.654. The second kappa shape index (κ2) is 16.1. The third-order valence-corrected chi connectivity index (χ3v) is 4.54. The molecular weight excluding hydrogens is 351 g/mol. The molecule has 0 saturated carbocycles. The fourth-order valence-corrected chi connectivity index (χ4v) is 2.90. The molecule has 0 amide bonds. The van der Waals surface area contributed by atoms with Gasteiger partial charge in [0.25, 0.3) is 0 Å². The topological polar surface area (TPSA) is 66.4 Å². The minimum absolute atomic E-state index is 0. The molecule has 1 aromatic carbocycles. The van der Waals surface area contributed by atoms with Crippen LogP contribution in [0, 0.1) is 0 Å². The summed E-state index contributed by atoms with van der Waals surface area (Å²) in [4.78, 5) is 23.4. The number of carboxylic acids is 1. The zero-order valence-corrected chi connectivity index (χ0v) is 19.3. The van der Waals surface area contributed by atoms with E-state index in [1.54, 1.807) is 24.3 Å². The van der Waals surface area contributed by atoms with Crippen LogP contribution in [-0.4, -0.2) is 17.9 Å². The first-order valence-electron chi connectivity index (χ1n) is 10.1. The van der Waals surface area contributed by atoms with E-state index < -0.39 is 12.1 Å². The summed E-state index contributed by atoms with van der Waals surface area (Å²) in [6, 6.07) is 6.78. The largest absolute Gasteiger partial charge is 1.00 e. The molecule has 1 aromatic rings. The molecule has 1 unspecified atom stereocenters. The van der Waals surface area contributed by atoms with Crippen LogP contribution in [-0.2, 0) is 4.79 Å². The van der Waals surface area contributed by atoms with E-state index in [2.05, 4.69) is 13.8 Å². The first kappa shape index (κ1) is 26.2. The van der Waals surface area contributed by atoms with E-state index in [-0.39, 0.29) is 35.3 Å². The maximum Gasteiger partial charge on any atom is 1.00 e. The van der Waals surface area contributed by atoms with Crippen LogP contribution in [0.2, 0.25) is 0 Å². The fraction of sp³-hybridized carbons (Fsp3) is 0.636. The van der Waals surface area contributed by atoms with Gasteiger partial charge in [-0.1, -0.05) is 58.8 Å². The predicted octanol–water partition coefficient (Wildman–Crippen LogP) is 1.70. The molecule has 1 atom stereocenters. The Morgan fingerprint density at radius 1 is 0.889 bits per heavy atom. The number of carboxylic acid groups (broad SMARTS) is 1. The van der Waals surface area contributed by atoms with E-state index in [1.165, 1.54) is 19.3 Å². The Morgan fingerprint density at radius 2 is 1.44 bits per heavy atom. The van der Waals surface area contributed by atoms with Crippen LogP contribution in [0.4, 0.5) is 0 Å². The van der Waals surface area contributed by atoms with Crippen molar-refractivity contribution in [3.63, 3.8) is 0 Å². The summed E-state index contributed by atoms with van der Waals surface area (Å²) in [5, 5.41) is 11.2. The second-order valence-corrected chi connectivity index (χ2v) is 6.89. The van der Waals surface area contributed by atoms with Gasteiger partial charge in [-0.15, -0.1) is 0 Å². The number of ketones is 1. The number of unbranched alkanes of at least 4 members (excludes halogenated alkanes) is 7. The Bertz CT molecular complexity index is 528. The standard InChI is InChI=1S/C22H34O4.Na/c1-3-5-7-9-10-12-20(23)18-14-16-19(17-15-18)26-21(22(24)25)13-11-8-6-4-2;/h14-17,21H,3-13H2,1-2H3,(H,24,25);/q;+1/p-1. The Kier molecular flexibility index (Phi) is 15.6. The van der Waals surface area contributed by atoms with Crippen molar-refractivity contribution in [2.24, 2.45) is 0 Å². The average Bonchev–Trinajstić information content (AvgIpc) is 2.64. The number of ether oxygens (including phenoxy) is 1. The molecule has 27 heavy (non-hydrogen) atoms. The normalized spacial score (nSPS) is 11.5. The van der Waals surface area contributed by atoms with E-state index in [9.17, 15) is 14.7 Å². The minimum Gasteiger partial charge on any atom is -0.546 e. The van der Waals surface area contributed by atoms with Crippen molar-refractivity contribution in [2.75, 3.05) is 0 Å². The van der Waals surface area contributed by atoms with Crippen LogP contribution in [0.3, 0.4) is 0 Å². The number of rotatable bonds is 15. The van der Waals surface area contributed by atoms with Crippen LogP contribution in [0.1, 0.15) is 94.8 Å². The molecule has 0 fully saturated rings. The molecule has 0 aliphatic rings. The summed E-state index contributed by atoms with van der Waals surface area (Å²) in [7, 11) is 0. The van der Waals surface area contributed by atoms with Crippen molar-refractivity contribution in [3.8, 4) is 5.75 Å². The summed E-state index contributed by atoms with van der Waals surface area (Å²) in [5.74, 6) is -0.591. The Balaban J connectivity index is 0.00000676. The molecule has 0 N–H and O–H groups in total. The molecule has 0 spiro atoms. The van der Waals surface area contributed by atoms with Crippen LogP contribution in [0.5, 0.6) is 5.75 Å². The number of hydrogen-bond donors (Lipinski definition) is 0. The quantitative estimate of drug-likeness (QED) is 0.262. The summed E-state index contributed by atoms with van der Waals surface area (Å²) in [6.07, 6.45) is 9.67. The zero-order valence-electron chi connectivity index (χ0n) is 17.3. The molecule has 0 heterocycles. The molecular formula is C22H33NaO4. The first-order valence-corrected chi connectivity index (χ1v) is 10.1. The van der Waals surface area contributed by atoms with Crippen LogP contribution >= 0.6 is 0 Å². The predicted molar refractivity (Wildman–Crippen MR) is 102 cm³/mol. The van der Waals surface area contributed by atoms with Gasteiger partial charge in [0, 0.05) is 12.0 Å². The fourth-order valence-electron chi connectivity index (χ4n) is 2.90. The molecule has 0 aliphatic heterocycles. The van der Waals surface area contributed by atoms with Gasteiger partial charge < -0.3 is 14.6 Å². The Labute approximate surface area is 186 Å². The van der Waals surface area contributed by atoms with E-state index in [4.69, 9.17) is 4.74 Å². The van der Waals surface area contributed by atoms with E-state index in [1.807, 2.05) is 0 Å². The van der Waals surface area contributed by atoms with E-state index >= 15 is 0 Å². The maximum atomic E-state index is 12.2. The zero-order chi connectivity index (χ0) is 19.2. The van der Waals surface area contributed by atoms with Gasteiger partial charge in [0.05, 0.1) is 5.97 Å². The summed E-state index contributed by atoms with van der Waals surface area (Å²) < 4.78 is 5.54. The van der Waals surface area contributed by atoms with Crippen molar-refractivity contribution in [1.29, 1.82) is 0 Å². The van der Waals surface area contributed by atoms with Crippen molar-refractivity contribution in [2.45, 2.75) is 90.6 Å². The monoisotopic (exact) mass is 384 g/mol. The Morgan fingerprint density at radius 3 is 2.00 bits per heavy atom. The van der Waals surface area contributed by atoms with Crippen molar-refractivity contribution in [1.82, 2.24) is 0 Å². The van der Waals surface area contributed by atoms with Crippen LogP contribution < -0.4 is 39.4 Å². The third kappa shape index (κ3) is 11.6. The first-order chi connectivity index (χ1) is 12.6. The van der Waals surface area contributed by atoms with Crippen LogP contribution in [0.15, 0.2) is 24.3 Å². The van der Waals surface area contributed by atoms with Gasteiger partial charge in [-0.2, -0.15) is 0 Å². The third-order valence-electron chi connectivity index (χ3n) is 4.54. The van der Waals surface area contributed by atoms with Crippen molar-refractivity contribution >= 4 is 11.8 Å². The number of aliphatic carboxylic acids is 1. The van der Waals surface area contributed by atoms with E-state index in [0.29, 0.717) is 24.2 Å². The van der Waals surface area contributed by atoms with Gasteiger partial charge >= 0.3 is 29.6 Å². The number of carbonyl (C=O) groups excluding carboxylic acids is 2. The van der Waals surface area contributed by atoms with Gasteiger partial charge in [-0.3, -0.25) is 4.79 Å². The average molecular weight is 384 g/mol. The van der Waals surface area contributed by atoms with Gasteiger partial charge in [-0.25, -0.2) is 0 Å². The van der Waals surface area contributed by atoms with Gasteiger partial charge in [0.1, 0.15) is 11.9 Å². The van der Waals surface area contributed by atoms with E-state index in [0.717, 1.165) is 38.5 Å². The Hall–Kier alpha value is -0.840. The maximum absolute atomic E-state index is 12.2. The number of carbonyl (C=O) groups is 2. The molecule has 0 saturated heterocycles. The molecule has 0 bridgehead atoms. The van der Waals surface area contributed by atoms with Crippen molar-refractivity contribution < 1.29 is 49.0 Å². The smallest absolute Gasteiger partial charge is 0.546 e. The molecule has 146 valence electrons. The van der Waals surface area contributed by atoms with Crippen LogP contribution in [0.25, 0.3) is 0 Å². The summed E-state index contributed by atoms with van der Waals surface area (Å²) >= 11 is 0. The van der Waals surface area contributed by atoms with Gasteiger partial charge in [0.15, 0.2) is 5.78 Å². The SMILES string of the molecule is CCCCCCCC(=O)c1ccc(OC(CCCCCC)C(=O)[O-])cc1.[Na+]. The number of benzene rings is 1. The van der Waals surface area contributed by atoms with Crippen molar-refractivity contribution in [3.05, 3.63) is 29.8 Å².